The van der Waals surface area contributed by atoms with Crippen molar-refractivity contribution in [2.75, 3.05) is 5.32 Å². The molecule has 0 aromatic heterocycles. The van der Waals surface area contributed by atoms with E-state index in [1.54, 1.807) is 53.6 Å². The number of carbonyl (C=O) groups is 1. The van der Waals surface area contributed by atoms with E-state index in [0.29, 0.717) is 11.4 Å². The lowest BCUT2D eigenvalue weighted by atomic mass is 10.1. The van der Waals surface area contributed by atoms with Gasteiger partial charge in [0.1, 0.15) is 11.9 Å². The summed E-state index contributed by atoms with van der Waals surface area (Å²) in [7, 11) is 0. The van der Waals surface area contributed by atoms with E-state index in [4.69, 9.17) is 3.07 Å². The molecule has 1 aliphatic heterocycles. The minimum absolute atomic E-state index is 0.0397. The number of non-ortho nitro benzene ring substituents is 1. The van der Waals surface area contributed by atoms with Crippen molar-refractivity contribution in [1.29, 1.82) is 0 Å². The van der Waals surface area contributed by atoms with Gasteiger partial charge in [-0.2, -0.15) is 4.79 Å². The molecule has 3 rings (SSSR count). The summed E-state index contributed by atoms with van der Waals surface area (Å²) in [4.78, 5) is 23.0. The fourth-order valence-electron chi connectivity index (χ4n) is 2.58. The molecule has 1 amide bonds. The summed E-state index contributed by atoms with van der Waals surface area (Å²) in [6, 6.07) is 13.2. The summed E-state index contributed by atoms with van der Waals surface area (Å²) >= 11 is 1.54. The van der Waals surface area contributed by atoms with Gasteiger partial charge in [-0.05, 0) is 6.07 Å². The number of nitrogens with zero attached hydrogens (tertiary/aromatic N) is 2. The Balaban J connectivity index is 2.23. The van der Waals surface area contributed by atoms with Crippen LogP contribution in [0.3, 0.4) is 0 Å². The van der Waals surface area contributed by atoms with Crippen molar-refractivity contribution in [3.63, 3.8) is 0 Å². The Morgan fingerprint density at radius 1 is 1.17 bits per heavy atom. The van der Waals surface area contributed by atoms with Gasteiger partial charge in [0.05, 0.1) is 11.1 Å². The lowest BCUT2D eigenvalue weighted by molar-refractivity contribution is -0.384. The predicted octanol–water partition coefficient (Wildman–Crippen LogP) is 4.62. The SMILES string of the molecule is O=C(OI)[N+]1(c2ccc([N+](=O)[O-])cc2)C=CNc2ccccc21. The third kappa shape index (κ3) is 2.45. The molecule has 0 spiro atoms. The van der Waals surface area contributed by atoms with E-state index in [1.807, 2.05) is 18.2 Å². The van der Waals surface area contributed by atoms with E-state index < -0.39 is 11.0 Å². The average Bonchev–Trinajstić information content (AvgIpc) is 2.60. The molecule has 1 aliphatic rings. The van der Waals surface area contributed by atoms with Crippen LogP contribution in [0.2, 0.25) is 0 Å². The van der Waals surface area contributed by atoms with E-state index in [0.717, 1.165) is 5.69 Å². The topological polar surface area (TPSA) is 81.5 Å². The quantitative estimate of drug-likeness (QED) is 0.330. The fraction of sp³-hybridized carbons (Fsp3) is 0. The highest BCUT2D eigenvalue weighted by molar-refractivity contribution is 14.1. The number of quaternary nitrogens is 1. The van der Waals surface area contributed by atoms with Gasteiger partial charge < -0.3 is 8.38 Å². The van der Waals surface area contributed by atoms with Gasteiger partial charge in [0.25, 0.3) is 5.69 Å². The summed E-state index contributed by atoms with van der Waals surface area (Å²) in [5.41, 5.74) is 1.94. The molecule has 116 valence electrons. The number of amides is 1. The third-order valence-electron chi connectivity index (χ3n) is 3.64. The molecule has 1 atom stereocenters. The lowest BCUT2D eigenvalue weighted by Crippen LogP contribution is -2.45. The fourth-order valence-corrected chi connectivity index (χ4v) is 2.89. The number of hydrogen-bond donors (Lipinski definition) is 1. The van der Waals surface area contributed by atoms with Crippen LogP contribution in [0.25, 0.3) is 0 Å². The molecule has 8 heteroatoms. The minimum Gasteiger partial charge on any atom is -0.352 e. The van der Waals surface area contributed by atoms with Gasteiger partial charge in [0.15, 0.2) is 11.4 Å². The molecule has 2 aromatic carbocycles. The number of nitro benzene ring substituents is 1. The van der Waals surface area contributed by atoms with Gasteiger partial charge in [0, 0.05) is 30.3 Å². The third-order valence-corrected chi connectivity index (χ3v) is 4.02. The average molecular weight is 424 g/mol. The molecule has 1 N–H and O–H groups in total. The first kappa shape index (κ1) is 15.4. The number of hydrogen-bond acceptors (Lipinski definition) is 5. The molecule has 0 fully saturated rings. The number of nitrogens with one attached hydrogen (secondary N) is 1. The van der Waals surface area contributed by atoms with Crippen LogP contribution < -0.4 is 9.80 Å². The zero-order valence-electron chi connectivity index (χ0n) is 11.7. The predicted molar refractivity (Wildman–Crippen MR) is 94.3 cm³/mol. The second-order valence-corrected chi connectivity index (χ2v) is 5.26. The summed E-state index contributed by atoms with van der Waals surface area (Å²) < 4.78 is 4.66. The molecule has 0 bridgehead atoms. The van der Waals surface area contributed by atoms with Crippen molar-refractivity contribution in [2.45, 2.75) is 0 Å². The number of anilines is 1. The van der Waals surface area contributed by atoms with Gasteiger partial charge in [0.2, 0.25) is 23.0 Å². The highest BCUT2D eigenvalue weighted by Gasteiger charge is 2.45. The maximum absolute atomic E-state index is 12.6. The van der Waals surface area contributed by atoms with Crippen LogP contribution in [0.1, 0.15) is 0 Å². The monoisotopic (exact) mass is 424 g/mol. The maximum atomic E-state index is 12.6. The number of fused-ring (bicyclic) bond motifs is 1. The van der Waals surface area contributed by atoms with Crippen LogP contribution in [-0.2, 0) is 3.07 Å². The molecular formula is C15H11IN3O4+. The minimum atomic E-state index is -0.523. The largest absolute Gasteiger partial charge is 0.541 e. The first-order chi connectivity index (χ1) is 11.1. The number of rotatable bonds is 2. The highest BCUT2D eigenvalue weighted by atomic mass is 127. The second kappa shape index (κ2) is 5.97. The lowest BCUT2D eigenvalue weighted by Gasteiger charge is -2.32. The molecular weight excluding hydrogens is 413 g/mol. The molecule has 1 unspecified atom stereocenters. The van der Waals surface area contributed by atoms with Gasteiger partial charge in [-0.1, -0.05) is 12.1 Å². The second-order valence-electron chi connectivity index (χ2n) is 4.82. The number of carbonyl (C=O) groups excluding carboxylic acids is 1. The van der Waals surface area contributed by atoms with E-state index in [2.05, 4.69) is 5.32 Å². The van der Waals surface area contributed by atoms with Gasteiger partial charge in [-0.15, -0.1) is 4.48 Å². The van der Waals surface area contributed by atoms with Crippen molar-refractivity contribution in [3.8, 4) is 0 Å². The van der Waals surface area contributed by atoms with E-state index in [1.165, 1.54) is 12.1 Å². The zero-order chi connectivity index (χ0) is 16.4. The van der Waals surface area contributed by atoms with Crippen molar-refractivity contribution in [3.05, 3.63) is 71.0 Å². The van der Waals surface area contributed by atoms with Crippen LogP contribution in [0.5, 0.6) is 0 Å². The normalized spacial score (nSPS) is 18.7. The zero-order valence-corrected chi connectivity index (χ0v) is 13.8. The molecule has 7 nitrogen and oxygen atoms in total. The Morgan fingerprint density at radius 2 is 1.87 bits per heavy atom. The Kier molecular flexibility index (Phi) is 4.01. The van der Waals surface area contributed by atoms with Crippen molar-refractivity contribution >= 4 is 51.8 Å². The molecule has 0 saturated carbocycles. The maximum Gasteiger partial charge on any atom is 0.541 e. The van der Waals surface area contributed by atoms with E-state index in [9.17, 15) is 14.9 Å². The van der Waals surface area contributed by atoms with Gasteiger partial charge in [-0.25, -0.2) is 0 Å². The van der Waals surface area contributed by atoms with Crippen LogP contribution in [0.4, 0.5) is 27.5 Å². The Labute approximate surface area is 145 Å². The summed E-state index contributed by atoms with van der Waals surface area (Å²) in [5, 5.41) is 13.9. The van der Waals surface area contributed by atoms with E-state index >= 15 is 0 Å². The number of benzene rings is 2. The number of halogens is 1. The number of para-hydroxylation sites is 2. The first-order valence-electron chi connectivity index (χ1n) is 6.60. The summed E-state index contributed by atoms with van der Waals surface area (Å²) in [6.45, 7) is 0. The van der Waals surface area contributed by atoms with Crippen LogP contribution in [0.15, 0.2) is 60.9 Å². The van der Waals surface area contributed by atoms with Crippen molar-refractivity contribution in [2.24, 2.45) is 0 Å². The molecule has 0 radical (unpaired) electrons. The van der Waals surface area contributed by atoms with Gasteiger partial charge in [-0.3, -0.25) is 10.1 Å². The van der Waals surface area contributed by atoms with Crippen molar-refractivity contribution in [1.82, 2.24) is 4.48 Å². The standard InChI is InChI=1S/C15H11IN3O4/c16-23-15(20)19(12-7-5-11(6-8-12)18(21)22)10-9-17-13-3-1-2-4-14(13)19/h1-10,17H/q+1. The molecule has 0 saturated heterocycles. The van der Waals surface area contributed by atoms with Crippen LogP contribution in [-0.4, -0.2) is 11.0 Å². The molecule has 2 aromatic rings. The summed E-state index contributed by atoms with van der Waals surface area (Å²) in [6.07, 6.45) is 2.77. The Hall–Kier alpha value is -2.46. The molecule has 23 heavy (non-hydrogen) atoms. The van der Waals surface area contributed by atoms with E-state index in [-0.39, 0.29) is 10.2 Å². The number of nitro groups is 1. The van der Waals surface area contributed by atoms with Crippen LogP contribution >= 0.6 is 23.0 Å². The molecule has 0 aliphatic carbocycles. The first-order valence-corrected chi connectivity index (χ1v) is 7.48. The summed E-state index contributed by atoms with van der Waals surface area (Å²) in [5.74, 6) is 0. The highest BCUT2D eigenvalue weighted by Crippen LogP contribution is 2.44. The van der Waals surface area contributed by atoms with Crippen LogP contribution in [0, 0.1) is 10.1 Å². The Bertz CT molecular complexity index is 807. The van der Waals surface area contributed by atoms with Crippen molar-refractivity contribution < 1.29 is 12.8 Å². The Morgan fingerprint density at radius 3 is 2.52 bits per heavy atom. The van der Waals surface area contributed by atoms with Gasteiger partial charge >= 0.3 is 6.09 Å². The molecule has 1 heterocycles. The smallest absolute Gasteiger partial charge is 0.352 e.